The first-order valence-corrected chi connectivity index (χ1v) is 8.51. The maximum absolute atomic E-state index is 10.9. The number of nitrogens with zero attached hydrogens (tertiary/aromatic N) is 2. The van der Waals surface area contributed by atoms with Gasteiger partial charge in [0.15, 0.2) is 0 Å². The summed E-state index contributed by atoms with van der Waals surface area (Å²) in [6.45, 7) is 15.6. The van der Waals surface area contributed by atoms with E-state index in [1.54, 1.807) is 0 Å². The summed E-state index contributed by atoms with van der Waals surface area (Å²) in [5.41, 5.74) is 4.86. The summed E-state index contributed by atoms with van der Waals surface area (Å²) in [6.07, 6.45) is 0. The SMILES string of the molecule is Cc1cc(-c2cc(C(C)(C)C)cc(CNC(C)(C)C)c2O)n(C)n1. The third-order valence-electron chi connectivity index (χ3n) is 4.14. The van der Waals surface area contributed by atoms with Crippen LogP contribution in [0.15, 0.2) is 18.2 Å². The first-order valence-electron chi connectivity index (χ1n) is 8.51. The number of benzene rings is 1. The number of aryl methyl sites for hydroxylation is 2. The first-order chi connectivity index (χ1) is 10.9. The highest BCUT2D eigenvalue weighted by Crippen LogP contribution is 2.37. The highest BCUT2D eigenvalue weighted by Gasteiger charge is 2.21. The molecule has 0 aliphatic heterocycles. The van der Waals surface area contributed by atoms with Gasteiger partial charge in [0.25, 0.3) is 0 Å². The molecule has 2 aromatic rings. The van der Waals surface area contributed by atoms with Crippen LogP contribution in [0.3, 0.4) is 0 Å². The zero-order valence-corrected chi connectivity index (χ0v) is 16.3. The first kappa shape index (κ1) is 18.5. The number of nitrogens with one attached hydrogen (secondary N) is 1. The van der Waals surface area contributed by atoms with E-state index >= 15 is 0 Å². The molecule has 2 N–H and O–H groups in total. The summed E-state index contributed by atoms with van der Waals surface area (Å²) in [4.78, 5) is 0. The van der Waals surface area contributed by atoms with Crippen molar-refractivity contribution in [2.75, 3.05) is 0 Å². The van der Waals surface area contributed by atoms with Crippen molar-refractivity contribution in [1.82, 2.24) is 15.1 Å². The summed E-state index contributed by atoms with van der Waals surface area (Å²) >= 11 is 0. The molecule has 0 aliphatic rings. The van der Waals surface area contributed by atoms with Gasteiger partial charge in [-0.1, -0.05) is 26.8 Å². The molecule has 132 valence electrons. The van der Waals surface area contributed by atoms with Crippen molar-refractivity contribution in [3.05, 3.63) is 35.0 Å². The van der Waals surface area contributed by atoms with Crippen molar-refractivity contribution in [3.8, 4) is 17.0 Å². The molecule has 0 atom stereocenters. The van der Waals surface area contributed by atoms with E-state index in [0.717, 1.165) is 22.5 Å². The number of phenolic OH excluding ortho intramolecular Hbond substituents is 1. The molecule has 0 aliphatic carbocycles. The fourth-order valence-electron chi connectivity index (χ4n) is 2.68. The highest BCUT2D eigenvalue weighted by molar-refractivity contribution is 5.71. The lowest BCUT2D eigenvalue weighted by molar-refractivity contribution is 0.411. The van der Waals surface area contributed by atoms with Crippen LogP contribution in [0.2, 0.25) is 0 Å². The molecule has 0 spiro atoms. The molecular weight excluding hydrogens is 298 g/mol. The Morgan fingerprint density at radius 3 is 2.17 bits per heavy atom. The molecule has 0 fully saturated rings. The Hall–Kier alpha value is -1.81. The molecule has 0 amide bonds. The topological polar surface area (TPSA) is 50.1 Å². The van der Waals surface area contributed by atoms with E-state index < -0.39 is 0 Å². The summed E-state index contributed by atoms with van der Waals surface area (Å²) in [5, 5.41) is 18.8. The molecule has 0 saturated carbocycles. The molecule has 1 heterocycles. The normalized spacial score (nSPS) is 12.7. The minimum absolute atomic E-state index is 0.00649. The Morgan fingerprint density at radius 1 is 1.08 bits per heavy atom. The predicted molar refractivity (Wildman–Crippen MR) is 100 cm³/mol. The van der Waals surface area contributed by atoms with E-state index in [1.165, 1.54) is 5.56 Å². The van der Waals surface area contributed by atoms with Crippen LogP contribution in [0.4, 0.5) is 0 Å². The van der Waals surface area contributed by atoms with Gasteiger partial charge in [-0.15, -0.1) is 0 Å². The van der Waals surface area contributed by atoms with E-state index in [9.17, 15) is 5.11 Å². The van der Waals surface area contributed by atoms with Crippen LogP contribution in [0.25, 0.3) is 11.3 Å². The molecule has 2 rings (SSSR count). The maximum atomic E-state index is 10.9. The second-order valence-electron chi connectivity index (χ2n) is 8.68. The number of hydrogen-bond donors (Lipinski definition) is 2. The molecule has 24 heavy (non-hydrogen) atoms. The van der Waals surface area contributed by atoms with E-state index in [2.05, 4.69) is 64.1 Å². The zero-order chi connectivity index (χ0) is 18.3. The van der Waals surface area contributed by atoms with E-state index in [1.807, 2.05) is 24.7 Å². The molecule has 0 unspecified atom stereocenters. The van der Waals surface area contributed by atoms with Gasteiger partial charge in [-0.05, 0) is 50.8 Å². The summed E-state index contributed by atoms with van der Waals surface area (Å²) in [5.74, 6) is 0.336. The van der Waals surface area contributed by atoms with Crippen molar-refractivity contribution in [2.24, 2.45) is 7.05 Å². The Kier molecular flexibility index (Phi) is 4.82. The number of phenols is 1. The van der Waals surface area contributed by atoms with Gasteiger partial charge in [0.05, 0.1) is 11.4 Å². The molecule has 0 bridgehead atoms. The highest BCUT2D eigenvalue weighted by atomic mass is 16.3. The van der Waals surface area contributed by atoms with Gasteiger partial charge in [-0.25, -0.2) is 0 Å². The van der Waals surface area contributed by atoms with Crippen LogP contribution in [-0.4, -0.2) is 20.4 Å². The van der Waals surface area contributed by atoms with Crippen molar-refractivity contribution in [2.45, 2.75) is 66.0 Å². The van der Waals surface area contributed by atoms with Gasteiger partial charge >= 0.3 is 0 Å². The molecule has 4 nitrogen and oxygen atoms in total. The van der Waals surface area contributed by atoms with Crippen LogP contribution in [0.5, 0.6) is 5.75 Å². The van der Waals surface area contributed by atoms with Crippen LogP contribution in [0.1, 0.15) is 58.4 Å². The number of aromatic nitrogens is 2. The fraction of sp³-hybridized carbons (Fsp3) is 0.550. The lowest BCUT2D eigenvalue weighted by Crippen LogP contribution is -2.35. The molecule has 0 radical (unpaired) electrons. The van der Waals surface area contributed by atoms with Gasteiger partial charge in [-0.2, -0.15) is 5.10 Å². The predicted octanol–water partition coefficient (Wildman–Crippen LogP) is 4.29. The fourth-order valence-corrected chi connectivity index (χ4v) is 2.68. The quantitative estimate of drug-likeness (QED) is 0.883. The Morgan fingerprint density at radius 2 is 1.71 bits per heavy atom. The second-order valence-corrected chi connectivity index (χ2v) is 8.68. The van der Waals surface area contributed by atoms with E-state index in [0.29, 0.717) is 12.3 Å². The third kappa shape index (κ3) is 4.18. The Bertz CT molecular complexity index is 731. The van der Waals surface area contributed by atoms with Gasteiger partial charge in [-0.3, -0.25) is 4.68 Å². The van der Waals surface area contributed by atoms with Crippen LogP contribution in [0, 0.1) is 6.92 Å². The lowest BCUT2D eigenvalue weighted by atomic mass is 9.84. The molecule has 1 aromatic carbocycles. The summed E-state index contributed by atoms with van der Waals surface area (Å²) in [7, 11) is 1.92. The molecular formula is C20H31N3O. The number of rotatable bonds is 3. The van der Waals surface area contributed by atoms with Crippen molar-refractivity contribution >= 4 is 0 Å². The largest absolute Gasteiger partial charge is 0.507 e. The minimum atomic E-state index is -0.00649. The van der Waals surface area contributed by atoms with Gasteiger partial charge in [0.2, 0.25) is 0 Å². The third-order valence-corrected chi connectivity index (χ3v) is 4.14. The summed E-state index contributed by atoms with van der Waals surface area (Å²) in [6, 6.07) is 6.22. The van der Waals surface area contributed by atoms with Gasteiger partial charge in [0, 0.05) is 30.3 Å². The minimum Gasteiger partial charge on any atom is -0.507 e. The Labute approximate surface area is 145 Å². The lowest BCUT2D eigenvalue weighted by Gasteiger charge is -2.25. The van der Waals surface area contributed by atoms with Crippen LogP contribution >= 0.6 is 0 Å². The standard InChI is InChI=1S/C20H31N3O/c1-13-9-17(23(8)22-13)16-11-15(19(2,3)4)10-14(18(16)24)12-21-20(5,6)7/h9-11,21,24H,12H2,1-8H3. The van der Waals surface area contributed by atoms with Crippen LogP contribution in [-0.2, 0) is 19.0 Å². The zero-order valence-electron chi connectivity index (χ0n) is 16.3. The van der Waals surface area contributed by atoms with Crippen LogP contribution < -0.4 is 5.32 Å². The average Bonchev–Trinajstić information content (AvgIpc) is 2.74. The monoisotopic (exact) mass is 329 g/mol. The van der Waals surface area contributed by atoms with E-state index in [-0.39, 0.29) is 11.0 Å². The number of hydrogen-bond acceptors (Lipinski definition) is 3. The van der Waals surface area contributed by atoms with E-state index in [4.69, 9.17) is 0 Å². The van der Waals surface area contributed by atoms with Crippen molar-refractivity contribution in [3.63, 3.8) is 0 Å². The van der Waals surface area contributed by atoms with Crippen molar-refractivity contribution < 1.29 is 5.11 Å². The maximum Gasteiger partial charge on any atom is 0.129 e. The van der Waals surface area contributed by atoms with Gasteiger partial charge < -0.3 is 10.4 Å². The average molecular weight is 329 g/mol. The number of aromatic hydroxyl groups is 1. The smallest absolute Gasteiger partial charge is 0.129 e. The molecule has 0 saturated heterocycles. The molecule has 4 heteroatoms. The Balaban J connectivity index is 2.59. The van der Waals surface area contributed by atoms with Crippen molar-refractivity contribution in [1.29, 1.82) is 0 Å². The summed E-state index contributed by atoms with van der Waals surface area (Å²) < 4.78 is 1.83. The molecule has 1 aromatic heterocycles. The van der Waals surface area contributed by atoms with Gasteiger partial charge in [0.1, 0.15) is 5.75 Å². The second kappa shape index (κ2) is 6.25.